The molecule has 0 saturated carbocycles. The van der Waals surface area contributed by atoms with Gasteiger partial charge in [0.25, 0.3) is 0 Å². The summed E-state index contributed by atoms with van der Waals surface area (Å²) >= 11 is 5.99. The molecule has 2 aromatic carbocycles. The molecule has 0 aliphatic heterocycles. The molecule has 132 valence electrons. The molecule has 0 aliphatic rings. The van der Waals surface area contributed by atoms with Crippen molar-refractivity contribution in [2.24, 2.45) is 0 Å². The van der Waals surface area contributed by atoms with Crippen LogP contribution in [0.5, 0.6) is 0 Å². The molecule has 5 nitrogen and oxygen atoms in total. The molecule has 2 aromatic heterocycles. The Morgan fingerprint density at radius 1 is 1.27 bits per heavy atom. The van der Waals surface area contributed by atoms with Crippen LogP contribution in [-0.4, -0.2) is 20.5 Å². The maximum atomic E-state index is 12.2. The zero-order chi connectivity index (χ0) is 18.1. The summed E-state index contributed by atoms with van der Waals surface area (Å²) in [7, 11) is 0. The summed E-state index contributed by atoms with van der Waals surface area (Å²) in [6, 6.07) is 15.6. The van der Waals surface area contributed by atoms with E-state index in [2.05, 4.69) is 20.6 Å². The summed E-state index contributed by atoms with van der Waals surface area (Å²) in [5.41, 5.74) is 2.74. The lowest BCUT2D eigenvalue weighted by Gasteiger charge is -2.11. The fourth-order valence-electron chi connectivity index (χ4n) is 3.05. The van der Waals surface area contributed by atoms with Crippen LogP contribution in [0.2, 0.25) is 5.02 Å². The van der Waals surface area contributed by atoms with Crippen LogP contribution in [0.1, 0.15) is 25.3 Å². The molecule has 0 saturated heterocycles. The van der Waals surface area contributed by atoms with Gasteiger partial charge in [-0.05, 0) is 42.6 Å². The first kappa shape index (κ1) is 16.7. The fraction of sp³-hybridized carbons (Fsp3) is 0.200. The summed E-state index contributed by atoms with van der Waals surface area (Å²) in [5, 5.41) is 1.80. The SMILES string of the molecule is C[C@@H](OC(=O)CCn1ccc2ccccc21)c1nc2ccc(Cl)cc2[nH]1. The number of aromatic amines is 1. The van der Waals surface area contributed by atoms with E-state index in [1.54, 1.807) is 12.1 Å². The highest BCUT2D eigenvalue weighted by Crippen LogP contribution is 2.22. The molecule has 1 atom stereocenters. The van der Waals surface area contributed by atoms with Crippen LogP contribution in [0.4, 0.5) is 0 Å². The highest BCUT2D eigenvalue weighted by atomic mass is 35.5. The van der Waals surface area contributed by atoms with Gasteiger partial charge in [0.05, 0.1) is 17.5 Å². The van der Waals surface area contributed by atoms with Crippen molar-refractivity contribution in [3.8, 4) is 0 Å². The van der Waals surface area contributed by atoms with Crippen molar-refractivity contribution in [3.05, 3.63) is 65.6 Å². The standard InChI is InChI=1S/C20H18ClN3O2/c1-13(20-22-16-7-6-15(21)12-17(16)23-20)26-19(25)9-11-24-10-8-14-4-2-3-5-18(14)24/h2-8,10,12-13H,9,11H2,1H3,(H,22,23)/t13-/m1/s1. The van der Waals surface area contributed by atoms with Crippen LogP contribution in [0, 0.1) is 0 Å². The number of hydrogen-bond donors (Lipinski definition) is 1. The number of ether oxygens (including phenoxy) is 1. The summed E-state index contributed by atoms with van der Waals surface area (Å²) in [6.45, 7) is 2.39. The van der Waals surface area contributed by atoms with Crippen molar-refractivity contribution >= 4 is 39.5 Å². The van der Waals surface area contributed by atoms with Crippen molar-refractivity contribution < 1.29 is 9.53 Å². The van der Waals surface area contributed by atoms with Crippen molar-refractivity contribution in [2.45, 2.75) is 26.0 Å². The average molecular weight is 368 g/mol. The van der Waals surface area contributed by atoms with Crippen LogP contribution in [0.15, 0.2) is 54.7 Å². The third-order valence-electron chi connectivity index (χ3n) is 4.39. The number of H-pyrrole nitrogens is 1. The number of aromatic nitrogens is 3. The fourth-order valence-corrected chi connectivity index (χ4v) is 3.23. The number of fused-ring (bicyclic) bond motifs is 2. The van der Waals surface area contributed by atoms with Crippen molar-refractivity contribution in [1.29, 1.82) is 0 Å². The molecule has 2 heterocycles. The van der Waals surface area contributed by atoms with E-state index in [9.17, 15) is 4.79 Å². The Bertz CT molecular complexity index is 1080. The second kappa shape index (κ2) is 6.84. The van der Waals surface area contributed by atoms with E-state index in [4.69, 9.17) is 16.3 Å². The van der Waals surface area contributed by atoms with Gasteiger partial charge in [-0.1, -0.05) is 29.8 Å². The molecule has 0 spiro atoms. The van der Waals surface area contributed by atoms with Crippen molar-refractivity contribution in [1.82, 2.24) is 14.5 Å². The molecule has 0 aliphatic carbocycles. The molecule has 0 fully saturated rings. The highest BCUT2D eigenvalue weighted by Gasteiger charge is 2.16. The number of rotatable bonds is 5. The number of halogens is 1. The average Bonchev–Trinajstić information content (AvgIpc) is 3.23. The Kier molecular flexibility index (Phi) is 4.39. The number of esters is 1. The van der Waals surface area contributed by atoms with E-state index in [1.165, 1.54) is 0 Å². The van der Waals surface area contributed by atoms with E-state index in [0.717, 1.165) is 21.9 Å². The van der Waals surface area contributed by atoms with Crippen LogP contribution >= 0.6 is 11.6 Å². The van der Waals surface area contributed by atoms with E-state index < -0.39 is 6.10 Å². The van der Waals surface area contributed by atoms with Crippen LogP contribution in [0.25, 0.3) is 21.9 Å². The molecule has 4 aromatic rings. The summed E-state index contributed by atoms with van der Waals surface area (Å²) in [5.74, 6) is 0.357. The predicted octanol–water partition coefficient (Wildman–Crippen LogP) is 4.87. The number of nitrogens with zero attached hydrogens (tertiary/aromatic N) is 2. The molecule has 0 amide bonds. The minimum atomic E-state index is -0.449. The number of imidazole rings is 1. The minimum absolute atomic E-state index is 0.256. The molecule has 1 N–H and O–H groups in total. The van der Waals surface area contributed by atoms with Crippen LogP contribution in [-0.2, 0) is 16.1 Å². The lowest BCUT2D eigenvalue weighted by atomic mass is 10.2. The van der Waals surface area contributed by atoms with E-state index >= 15 is 0 Å². The maximum Gasteiger partial charge on any atom is 0.308 e. The molecule has 6 heteroatoms. The zero-order valence-corrected chi connectivity index (χ0v) is 15.0. The summed E-state index contributed by atoms with van der Waals surface area (Å²) < 4.78 is 7.59. The van der Waals surface area contributed by atoms with Crippen LogP contribution in [0.3, 0.4) is 0 Å². The lowest BCUT2D eigenvalue weighted by Crippen LogP contribution is -2.12. The first-order chi connectivity index (χ1) is 12.6. The zero-order valence-electron chi connectivity index (χ0n) is 14.3. The first-order valence-electron chi connectivity index (χ1n) is 8.49. The first-order valence-corrected chi connectivity index (χ1v) is 8.86. The van der Waals surface area contributed by atoms with Gasteiger partial charge in [0.1, 0.15) is 5.82 Å². The second-order valence-corrected chi connectivity index (χ2v) is 6.67. The van der Waals surface area contributed by atoms with Gasteiger partial charge < -0.3 is 14.3 Å². The Hall–Kier alpha value is -2.79. The molecule has 4 rings (SSSR count). The van der Waals surface area contributed by atoms with Crippen molar-refractivity contribution in [2.75, 3.05) is 0 Å². The van der Waals surface area contributed by atoms with Gasteiger partial charge in [-0.2, -0.15) is 0 Å². The normalized spacial score (nSPS) is 12.5. The van der Waals surface area contributed by atoms with Gasteiger partial charge in [-0.15, -0.1) is 0 Å². The van der Waals surface area contributed by atoms with E-state index in [1.807, 2.05) is 43.5 Å². The molecule has 0 unspecified atom stereocenters. The third-order valence-corrected chi connectivity index (χ3v) is 4.63. The largest absolute Gasteiger partial charge is 0.454 e. The minimum Gasteiger partial charge on any atom is -0.454 e. The molecule has 0 bridgehead atoms. The molecule has 26 heavy (non-hydrogen) atoms. The monoisotopic (exact) mass is 367 g/mol. The van der Waals surface area contributed by atoms with Gasteiger partial charge in [-0.25, -0.2) is 4.98 Å². The number of carbonyl (C=O) groups is 1. The maximum absolute atomic E-state index is 12.2. The van der Waals surface area contributed by atoms with Crippen molar-refractivity contribution in [3.63, 3.8) is 0 Å². The van der Waals surface area contributed by atoms with Gasteiger partial charge in [0, 0.05) is 23.3 Å². The summed E-state index contributed by atoms with van der Waals surface area (Å²) in [6.07, 6.45) is 1.84. The highest BCUT2D eigenvalue weighted by molar-refractivity contribution is 6.31. The number of aryl methyl sites for hydroxylation is 1. The van der Waals surface area contributed by atoms with Gasteiger partial charge >= 0.3 is 5.97 Å². The number of hydrogen-bond acceptors (Lipinski definition) is 3. The topological polar surface area (TPSA) is 59.9 Å². The number of benzene rings is 2. The molecule has 0 radical (unpaired) electrons. The van der Waals surface area contributed by atoms with E-state index in [0.29, 0.717) is 23.8 Å². The van der Waals surface area contributed by atoms with Crippen LogP contribution < -0.4 is 0 Å². The molecular weight excluding hydrogens is 350 g/mol. The smallest absolute Gasteiger partial charge is 0.308 e. The Labute approximate surface area is 155 Å². The van der Waals surface area contributed by atoms with E-state index in [-0.39, 0.29) is 5.97 Å². The predicted molar refractivity (Wildman–Crippen MR) is 102 cm³/mol. The van der Waals surface area contributed by atoms with Gasteiger partial charge in [0.15, 0.2) is 6.10 Å². The third kappa shape index (κ3) is 3.30. The number of para-hydroxylation sites is 1. The Morgan fingerprint density at radius 3 is 3.00 bits per heavy atom. The lowest BCUT2D eigenvalue weighted by molar-refractivity contribution is -0.149. The number of nitrogens with one attached hydrogen (secondary N) is 1. The summed E-state index contributed by atoms with van der Waals surface area (Å²) in [4.78, 5) is 19.8. The Balaban J connectivity index is 1.40. The van der Waals surface area contributed by atoms with Gasteiger partial charge in [0.2, 0.25) is 0 Å². The number of carbonyl (C=O) groups excluding carboxylic acids is 1. The quantitative estimate of drug-likeness (QED) is 0.512. The second-order valence-electron chi connectivity index (χ2n) is 6.23. The van der Waals surface area contributed by atoms with Gasteiger partial charge in [-0.3, -0.25) is 4.79 Å². The Morgan fingerprint density at radius 2 is 2.12 bits per heavy atom. The molecular formula is C20H18ClN3O2.